The fourth-order valence-electron chi connectivity index (χ4n) is 3.11. The number of hydrogen-bond donors (Lipinski definition) is 1. The van der Waals surface area contributed by atoms with Gasteiger partial charge >= 0.3 is 0 Å². The van der Waals surface area contributed by atoms with E-state index in [1.165, 1.54) is 18.0 Å². The summed E-state index contributed by atoms with van der Waals surface area (Å²) in [5.41, 5.74) is 0.767. The van der Waals surface area contributed by atoms with Crippen molar-refractivity contribution in [3.8, 4) is 17.4 Å². The monoisotopic (exact) mass is 474 g/mol. The van der Waals surface area contributed by atoms with E-state index in [0.717, 1.165) is 25.3 Å². The van der Waals surface area contributed by atoms with E-state index in [2.05, 4.69) is 15.3 Å². The number of likely N-dealkylation sites (tertiary alicyclic amines) is 1. The number of ether oxygens (including phenoxy) is 2. The average Bonchev–Trinajstić information content (AvgIpc) is 3.20. The van der Waals surface area contributed by atoms with Gasteiger partial charge in [0.25, 0.3) is 11.8 Å². The van der Waals surface area contributed by atoms with Crippen LogP contribution in [-0.2, 0) is 0 Å². The van der Waals surface area contributed by atoms with Crippen molar-refractivity contribution in [2.75, 3.05) is 25.4 Å². The van der Waals surface area contributed by atoms with Crippen LogP contribution in [0, 0.1) is 0 Å². The van der Waals surface area contributed by atoms with Crippen LogP contribution < -0.4 is 14.8 Å². The Hall–Kier alpha value is -2.78. The van der Waals surface area contributed by atoms with Gasteiger partial charge in [-0.2, -0.15) is 0 Å². The summed E-state index contributed by atoms with van der Waals surface area (Å²) < 4.78 is 11.6. The van der Waals surface area contributed by atoms with Crippen LogP contribution in [0.1, 0.15) is 41.0 Å². The fourth-order valence-corrected chi connectivity index (χ4v) is 4.04. The van der Waals surface area contributed by atoms with Gasteiger partial charge in [0.1, 0.15) is 16.5 Å². The van der Waals surface area contributed by atoms with Crippen LogP contribution in [0.4, 0.5) is 0 Å². The van der Waals surface area contributed by atoms with Crippen molar-refractivity contribution in [3.05, 3.63) is 46.6 Å². The topological polar surface area (TPSA) is 93.1 Å². The summed E-state index contributed by atoms with van der Waals surface area (Å²) in [5.74, 6) is 1.38. The van der Waals surface area contributed by atoms with Crippen molar-refractivity contribution in [3.63, 3.8) is 0 Å². The second kappa shape index (κ2) is 9.79. The molecule has 32 heavy (non-hydrogen) atoms. The number of carbonyl (C=O) groups excluding carboxylic acids is 2. The highest BCUT2D eigenvalue weighted by molar-refractivity contribution is 8.14. The molecule has 4 rings (SSSR count). The van der Waals surface area contributed by atoms with Gasteiger partial charge in [0.15, 0.2) is 5.17 Å². The third kappa shape index (κ3) is 5.34. The first-order valence-electron chi connectivity index (χ1n) is 10.3. The Morgan fingerprint density at radius 3 is 2.56 bits per heavy atom. The summed E-state index contributed by atoms with van der Waals surface area (Å²) in [6, 6.07) is 6.43. The molecule has 1 fully saturated rings. The Bertz CT molecular complexity index is 1070. The minimum Gasteiger partial charge on any atom is -0.491 e. The smallest absolute Gasteiger partial charge is 0.257 e. The predicted molar refractivity (Wildman–Crippen MR) is 124 cm³/mol. The first-order chi connectivity index (χ1) is 15.4. The number of carbonyl (C=O) groups is 2. The van der Waals surface area contributed by atoms with Gasteiger partial charge in [-0.15, -0.1) is 0 Å². The third-order valence-electron chi connectivity index (χ3n) is 4.73. The number of amidine groups is 1. The molecular formula is C22H23ClN4O4S. The van der Waals surface area contributed by atoms with Crippen molar-refractivity contribution in [2.45, 2.75) is 26.4 Å². The van der Waals surface area contributed by atoms with E-state index in [1.807, 2.05) is 13.8 Å². The van der Waals surface area contributed by atoms with Crippen LogP contribution in [0.25, 0.3) is 0 Å². The van der Waals surface area contributed by atoms with Crippen molar-refractivity contribution >= 4 is 40.3 Å². The van der Waals surface area contributed by atoms with Crippen LogP contribution in [-0.4, -0.2) is 58.4 Å². The summed E-state index contributed by atoms with van der Waals surface area (Å²) >= 11 is 7.84. The largest absolute Gasteiger partial charge is 0.491 e. The van der Waals surface area contributed by atoms with Crippen molar-refractivity contribution < 1.29 is 19.1 Å². The molecule has 8 nitrogen and oxygen atoms in total. The standard InChI is InChI=1S/C22H23ClN4O4S/c1-13(2)30-16-8-14(19(28)26-22-24-4-7-32-22)9-17(11-16)31-20-18(23)10-15(12-25-20)21(29)27-5-3-6-27/h8-13H,3-7H2,1-2H3,(H,24,26,28). The van der Waals surface area contributed by atoms with Crippen molar-refractivity contribution in [1.29, 1.82) is 0 Å². The number of aromatic nitrogens is 1. The molecule has 168 valence electrons. The first kappa shape index (κ1) is 22.4. The fraction of sp³-hybridized carbons (Fsp3) is 0.364. The lowest BCUT2D eigenvalue weighted by molar-refractivity contribution is 0.0651. The maximum absolute atomic E-state index is 12.7. The molecule has 1 aromatic heterocycles. The molecule has 1 N–H and O–H groups in total. The second-order valence-electron chi connectivity index (χ2n) is 7.61. The predicted octanol–water partition coefficient (Wildman–Crippen LogP) is 3.99. The Morgan fingerprint density at radius 1 is 1.16 bits per heavy atom. The van der Waals surface area contributed by atoms with Crippen LogP contribution in [0.3, 0.4) is 0 Å². The normalized spacial score (nSPS) is 15.2. The van der Waals surface area contributed by atoms with E-state index in [9.17, 15) is 9.59 Å². The number of hydrogen-bond acceptors (Lipinski definition) is 7. The molecule has 0 radical (unpaired) electrons. The lowest BCUT2D eigenvalue weighted by Crippen LogP contribution is -2.42. The molecule has 0 bridgehead atoms. The molecule has 3 heterocycles. The van der Waals surface area contributed by atoms with Gasteiger partial charge < -0.3 is 19.7 Å². The molecule has 0 saturated carbocycles. The van der Waals surface area contributed by atoms with E-state index in [4.69, 9.17) is 21.1 Å². The highest BCUT2D eigenvalue weighted by atomic mass is 35.5. The minimum atomic E-state index is -0.313. The van der Waals surface area contributed by atoms with E-state index in [-0.39, 0.29) is 28.8 Å². The zero-order valence-corrected chi connectivity index (χ0v) is 19.3. The number of benzene rings is 1. The van der Waals surface area contributed by atoms with Crippen LogP contribution in [0.2, 0.25) is 5.02 Å². The van der Waals surface area contributed by atoms with Gasteiger partial charge in [-0.1, -0.05) is 23.4 Å². The van der Waals surface area contributed by atoms with Gasteiger partial charge in [-0.25, -0.2) is 4.98 Å². The number of pyridine rings is 1. The number of halogens is 1. The summed E-state index contributed by atoms with van der Waals surface area (Å²) in [4.78, 5) is 35.3. The van der Waals surface area contributed by atoms with Gasteiger partial charge in [0, 0.05) is 36.7 Å². The van der Waals surface area contributed by atoms with Gasteiger partial charge in [0.05, 0.1) is 18.2 Å². The first-order valence-corrected chi connectivity index (χ1v) is 11.7. The van der Waals surface area contributed by atoms with E-state index in [0.29, 0.717) is 34.3 Å². The van der Waals surface area contributed by atoms with Crippen LogP contribution in [0.15, 0.2) is 35.5 Å². The summed E-state index contributed by atoms with van der Waals surface area (Å²) in [6.45, 7) is 5.96. The zero-order chi connectivity index (χ0) is 22.7. The number of rotatable bonds is 6. The Balaban J connectivity index is 1.56. The molecule has 0 aliphatic carbocycles. The van der Waals surface area contributed by atoms with Gasteiger partial charge in [-0.05, 0) is 38.5 Å². The minimum absolute atomic E-state index is 0.0931. The van der Waals surface area contributed by atoms with Gasteiger partial charge in [-0.3, -0.25) is 14.6 Å². The molecular weight excluding hydrogens is 452 g/mol. The van der Waals surface area contributed by atoms with Crippen LogP contribution in [0.5, 0.6) is 17.4 Å². The molecule has 0 spiro atoms. The molecule has 2 aliphatic rings. The molecule has 2 aliphatic heterocycles. The molecule has 1 aromatic carbocycles. The lowest BCUT2D eigenvalue weighted by atomic mass is 10.1. The summed E-state index contributed by atoms with van der Waals surface area (Å²) in [5, 5.41) is 3.60. The molecule has 2 aromatic rings. The summed E-state index contributed by atoms with van der Waals surface area (Å²) in [7, 11) is 0. The third-order valence-corrected chi connectivity index (χ3v) is 5.89. The highest BCUT2D eigenvalue weighted by Gasteiger charge is 2.23. The number of nitrogens with zero attached hydrogens (tertiary/aromatic N) is 3. The SMILES string of the molecule is CC(C)Oc1cc(Oc2ncc(C(=O)N3CCC3)cc2Cl)cc(C(=O)NC2=NCCS2)c1. The molecule has 0 atom stereocenters. The summed E-state index contributed by atoms with van der Waals surface area (Å²) in [6.07, 6.45) is 2.36. The van der Waals surface area contributed by atoms with Crippen molar-refractivity contribution in [1.82, 2.24) is 15.2 Å². The Kier molecular flexibility index (Phi) is 6.86. The number of thioether (sulfide) groups is 1. The second-order valence-corrected chi connectivity index (χ2v) is 9.10. The number of amides is 2. The van der Waals surface area contributed by atoms with Gasteiger partial charge in [0.2, 0.25) is 5.88 Å². The maximum Gasteiger partial charge on any atom is 0.257 e. The quantitative estimate of drug-likeness (QED) is 0.680. The zero-order valence-electron chi connectivity index (χ0n) is 17.8. The van der Waals surface area contributed by atoms with Crippen LogP contribution >= 0.6 is 23.4 Å². The Labute approximate surface area is 195 Å². The maximum atomic E-state index is 12.7. The van der Waals surface area contributed by atoms with E-state index in [1.54, 1.807) is 29.2 Å². The highest BCUT2D eigenvalue weighted by Crippen LogP contribution is 2.32. The number of nitrogens with one attached hydrogen (secondary N) is 1. The molecule has 10 heteroatoms. The van der Waals surface area contributed by atoms with E-state index >= 15 is 0 Å². The molecule has 2 amide bonds. The number of aliphatic imine (C=N–C) groups is 1. The molecule has 0 unspecified atom stereocenters. The van der Waals surface area contributed by atoms with Crippen molar-refractivity contribution in [2.24, 2.45) is 4.99 Å². The Morgan fingerprint density at radius 2 is 1.94 bits per heavy atom. The average molecular weight is 475 g/mol. The lowest BCUT2D eigenvalue weighted by Gasteiger charge is -2.30. The molecule has 1 saturated heterocycles. The van der Waals surface area contributed by atoms with E-state index < -0.39 is 0 Å².